The molecule has 1 atom stereocenters. The Morgan fingerprint density at radius 1 is 0.909 bits per heavy atom. The number of anilines is 2. The van der Waals surface area contributed by atoms with Crippen molar-refractivity contribution in [2.75, 3.05) is 16.8 Å². The number of benzene rings is 3. The summed E-state index contributed by atoms with van der Waals surface area (Å²) in [6, 6.07) is 21.5. The fourth-order valence-electron chi connectivity index (χ4n) is 4.63. The SMILES string of the molecule is Cc1ccccc1C(=O)Nc1ccc(C(=O)N2CCCC([As](C)C)c3ccccc32)c(C)c1. The number of fused-ring (bicyclic) bond motifs is 1. The van der Waals surface area contributed by atoms with Crippen molar-refractivity contribution in [1.82, 2.24) is 0 Å². The summed E-state index contributed by atoms with van der Waals surface area (Å²) < 4.78 is 0.603. The van der Waals surface area contributed by atoms with Gasteiger partial charge in [0.1, 0.15) is 0 Å². The molecule has 5 heteroatoms. The van der Waals surface area contributed by atoms with E-state index in [4.69, 9.17) is 0 Å². The fraction of sp³-hybridized carbons (Fsp3) is 0.286. The number of nitrogens with zero attached hydrogens (tertiary/aromatic N) is 1. The summed E-state index contributed by atoms with van der Waals surface area (Å²) in [7, 11) is 0. The molecule has 1 aliphatic heterocycles. The van der Waals surface area contributed by atoms with E-state index in [9.17, 15) is 9.59 Å². The second kappa shape index (κ2) is 9.97. The van der Waals surface area contributed by atoms with Gasteiger partial charge in [0.2, 0.25) is 0 Å². The Morgan fingerprint density at radius 2 is 1.64 bits per heavy atom. The van der Waals surface area contributed by atoms with Crippen LogP contribution < -0.4 is 10.2 Å². The normalized spacial score (nSPS) is 15.7. The van der Waals surface area contributed by atoms with Crippen LogP contribution in [0.1, 0.15) is 55.0 Å². The van der Waals surface area contributed by atoms with Crippen molar-refractivity contribution in [2.24, 2.45) is 0 Å². The molecule has 0 radical (unpaired) electrons. The molecule has 1 heterocycles. The third-order valence-corrected chi connectivity index (χ3v) is 10.2. The van der Waals surface area contributed by atoms with Crippen molar-refractivity contribution in [3.8, 4) is 0 Å². The van der Waals surface area contributed by atoms with E-state index in [0.29, 0.717) is 21.5 Å². The summed E-state index contributed by atoms with van der Waals surface area (Å²) in [5.41, 5.74) is 11.0. The molecule has 1 aliphatic rings. The topological polar surface area (TPSA) is 49.4 Å². The fourth-order valence-corrected chi connectivity index (χ4v) is 7.73. The molecular formula is C28H31AsN2O2. The first-order chi connectivity index (χ1) is 15.9. The quantitative estimate of drug-likeness (QED) is 0.422. The molecule has 2 amide bonds. The van der Waals surface area contributed by atoms with E-state index >= 15 is 0 Å². The molecule has 0 aliphatic carbocycles. The second-order valence-corrected chi connectivity index (χ2v) is 14.3. The number of amides is 2. The molecule has 3 aromatic rings. The Balaban J connectivity index is 1.59. The molecule has 170 valence electrons. The standard InChI is InChI=1S/C28H31AsN2O2/c1-19-10-5-6-11-22(19)27(32)30-21-15-16-23(20(2)18-21)28(33)31-17-9-13-25(29(3)4)24-12-7-8-14-26(24)31/h5-8,10-12,14-16,18,25H,9,13,17H2,1-4H3,(H,30,32). The first-order valence-corrected chi connectivity index (χ1v) is 16.3. The minimum atomic E-state index is -0.960. The van der Waals surface area contributed by atoms with Crippen LogP contribution in [0.2, 0.25) is 11.4 Å². The van der Waals surface area contributed by atoms with Gasteiger partial charge < -0.3 is 0 Å². The molecule has 1 unspecified atom stereocenters. The second-order valence-electron chi connectivity index (χ2n) is 8.94. The number of hydrogen-bond acceptors (Lipinski definition) is 2. The van der Waals surface area contributed by atoms with Crippen LogP contribution in [0.4, 0.5) is 11.4 Å². The van der Waals surface area contributed by atoms with Gasteiger partial charge in [0.05, 0.1) is 0 Å². The Labute approximate surface area is 201 Å². The summed E-state index contributed by atoms with van der Waals surface area (Å²) in [5.74, 6) is -0.110. The molecule has 33 heavy (non-hydrogen) atoms. The molecule has 0 spiro atoms. The number of carbonyl (C=O) groups is 2. The van der Waals surface area contributed by atoms with Crippen molar-refractivity contribution < 1.29 is 9.59 Å². The van der Waals surface area contributed by atoms with Crippen LogP contribution in [0.15, 0.2) is 66.7 Å². The summed E-state index contributed by atoms with van der Waals surface area (Å²) in [5, 5.41) is 2.97. The molecular weight excluding hydrogens is 471 g/mol. The Hall–Kier alpha value is -2.84. The summed E-state index contributed by atoms with van der Waals surface area (Å²) in [6.45, 7) is 4.60. The molecule has 4 rings (SSSR count). The number of para-hydroxylation sites is 1. The third-order valence-electron chi connectivity index (χ3n) is 6.42. The van der Waals surface area contributed by atoms with Crippen molar-refractivity contribution >= 4 is 37.8 Å². The van der Waals surface area contributed by atoms with Crippen LogP contribution in [-0.2, 0) is 0 Å². The van der Waals surface area contributed by atoms with E-state index < -0.39 is 14.7 Å². The first kappa shape index (κ1) is 23.3. The van der Waals surface area contributed by atoms with Gasteiger partial charge in [-0.15, -0.1) is 0 Å². The van der Waals surface area contributed by atoms with Crippen molar-refractivity contribution in [3.63, 3.8) is 0 Å². The minimum absolute atomic E-state index is 0.0311. The Morgan fingerprint density at radius 3 is 2.36 bits per heavy atom. The van der Waals surface area contributed by atoms with E-state index in [-0.39, 0.29) is 11.8 Å². The van der Waals surface area contributed by atoms with Gasteiger partial charge in [-0.3, -0.25) is 0 Å². The predicted octanol–water partition coefficient (Wildman–Crippen LogP) is 6.37. The zero-order valence-corrected chi connectivity index (χ0v) is 21.6. The van der Waals surface area contributed by atoms with Gasteiger partial charge in [-0.05, 0) is 18.6 Å². The van der Waals surface area contributed by atoms with Gasteiger partial charge >= 0.3 is 165 Å². The van der Waals surface area contributed by atoms with Gasteiger partial charge in [0.25, 0.3) is 0 Å². The van der Waals surface area contributed by atoms with Crippen molar-refractivity contribution in [3.05, 3.63) is 94.5 Å². The van der Waals surface area contributed by atoms with Crippen LogP contribution >= 0.6 is 0 Å². The van der Waals surface area contributed by atoms with Crippen LogP contribution in [0.5, 0.6) is 0 Å². The third kappa shape index (κ3) is 4.91. The predicted molar refractivity (Wildman–Crippen MR) is 138 cm³/mol. The van der Waals surface area contributed by atoms with Gasteiger partial charge in [-0.1, -0.05) is 18.2 Å². The van der Waals surface area contributed by atoms with Gasteiger partial charge in [0.15, 0.2) is 0 Å². The maximum absolute atomic E-state index is 13.7. The van der Waals surface area contributed by atoms with Gasteiger partial charge in [0, 0.05) is 0 Å². The zero-order chi connectivity index (χ0) is 23.5. The van der Waals surface area contributed by atoms with Crippen LogP contribution in [0.25, 0.3) is 0 Å². The molecule has 0 saturated heterocycles. The summed E-state index contributed by atoms with van der Waals surface area (Å²) in [6.07, 6.45) is 2.16. The number of rotatable bonds is 4. The molecule has 4 nitrogen and oxygen atoms in total. The molecule has 0 bridgehead atoms. The number of hydrogen-bond donors (Lipinski definition) is 1. The average molecular weight is 502 g/mol. The summed E-state index contributed by atoms with van der Waals surface area (Å²) in [4.78, 5) is 28.3. The van der Waals surface area contributed by atoms with Gasteiger partial charge in [-0.2, -0.15) is 0 Å². The monoisotopic (exact) mass is 502 g/mol. The van der Waals surface area contributed by atoms with E-state index in [1.54, 1.807) is 0 Å². The molecule has 0 saturated carbocycles. The number of aryl methyl sites for hydroxylation is 2. The molecule has 1 N–H and O–H groups in total. The van der Waals surface area contributed by atoms with Crippen LogP contribution in [0, 0.1) is 13.8 Å². The molecule has 3 aromatic carbocycles. The van der Waals surface area contributed by atoms with E-state index in [1.807, 2.05) is 67.3 Å². The number of carbonyl (C=O) groups excluding carboxylic acids is 2. The summed E-state index contributed by atoms with van der Waals surface area (Å²) >= 11 is -0.960. The number of nitrogens with one attached hydrogen (secondary N) is 1. The van der Waals surface area contributed by atoms with Crippen molar-refractivity contribution in [2.45, 2.75) is 42.8 Å². The zero-order valence-electron chi connectivity index (χ0n) is 19.8. The molecule has 0 aromatic heterocycles. The van der Waals surface area contributed by atoms with Crippen molar-refractivity contribution in [1.29, 1.82) is 0 Å². The average Bonchev–Trinajstić information content (AvgIpc) is 2.99. The first-order valence-electron chi connectivity index (χ1n) is 11.4. The van der Waals surface area contributed by atoms with E-state index in [1.165, 1.54) is 5.56 Å². The van der Waals surface area contributed by atoms with Crippen LogP contribution in [-0.4, -0.2) is 33.0 Å². The molecule has 0 fully saturated rings. The Kier molecular flexibility index (Phi) is 7.04. The van der Waals surface area contributed by atoms with E-state index in [2.05, 4.69) is 34.9 Å². The maximum atomic E-state index is 13.7. The van der Waals surface area contributed by atoms with E-state index in [0.717, 1.165) is 36.2 Å². The Bertz CT molecular complexity index is 1190. The van der Waals surface area contributed by atoms with Crippen LogP contribution in [0.3, 0.4) is 0 Å². The van der Waals surface area contributed by atoms with Gasteiger partial charge in [-0.25, -0.2) is 0 Å².